The Morgan fingerprint density at radius 3 is 3.06 bits per heavy atom. The normalized spacial score (nSPS) is 19.1. The first-order valence-electron chi connectivity index (χ1n) is 5.68. The van der Waals surface area contributed by atoms with Crippen molar-refractivity contribution >= 4 is 23.3 Å². The van der Waals surface area contributed by atoms with E-state index in [1.807, 2.05) is 0 Å². The minimum absolute atomic E-state index is 0.108. The molecule has 0 aliphatic carbocycles. The van der Waals surface area contributed by atoms with Crippen LogP contribution in [0, 0.1) is 5.92 Å². The number of rotatable bonds is 3. The number of nitrogens with two attached hydrogens (primary N) is 1. The zero-order valence-corrected chi connectivity index (χ0v) is 10.5. The molecular weight excluding hydrogens is 256 g/mol. The lowest BCUT2D eigenvalue weighted by Gasteiger charge is -2.16. The number of anilines is 1. The van der Waals surface area contributed by atoms with E-state index in [9.17, 15) is 4.79 Å². The Hall–Kier alpha value is -1.37. The number of likely N-dealkylation sites (tertiary alicyclic amines) is 1. The topological polar surface area (TPSA) is 91.5 Å². The summed E-state index contributed by atoms with van der Waals surface area (Å²) in [5, 5.41) is 9.28. The van der Waals surface area contributed by atoms with Crippen LogP contribution < -0.4 is 11.3 Å². The van der Waals surface area contributed by atoms with Crippen LogP contribution in [0.15, 0.2) is 12.1 Å². The van der Waals surface area contributed by atoms with Gasteiger partial charge in [0.1, 0.15) is 11.0 Å². The molecule has 1 aliphatic rings. The first-order chi connectivity index (χ1) is 8.63. The predicted octanol–water partition coefficient (Wildman–Crippen LogP) is 0.475. The third-order valence-corrected chi connectivity index (χ3v) is 3.21. The molecule has 1 saturated heterocycles. The molecule has 0 spiro atoms. The number of pyridine rings is 1. The lowest BCUT2D eigenvalue weighted by Crippen LogP contribution is -2.29. The third kappa shape index (κ3) is 2.72. The SMILES string of the molecule is NNc1cc(C(=O)N2CCC(CO)C2)cc(Cl)n1. The molecule has 18 heavy (non-hydrogen) atoms. The van der Waals surface area contributed by atoms with Crippen LogP contribution >= 0.6 is 11.6 Å². The Balaban J connectivity index is 2.16. The minimum atomic E-state index is -0.119. The highest BCUT2D eigenvalue weighted by molar-refractivity contribution is 6.29. The van der Waals surface area contributed by atoms with Crippen molar-refractivity contribution in [2.45, 2.75) is 6.42 Å². The smallest absolute Gasteiger partial charge is 0.254 e. The number of aliphatic hydroxyl groups is 1. The van der Waals surface area contributed by atoms with Crippen LogP contribution in [0.2, 0.25) is 5.15 Å². The first kappa shape index (κ1) is 13.1. The Kier molecular flexibility index (Phi) is 4.00. The van der Waals surface area contributed by atoms with Crippen molar-refractivity contribution in [1.29, 1.82) is 0 Å². The maximum atomic E-state index is 12.2. The predicted molar refractivity (Wildman–Crippen MR) is 68.2 cm³/mol. The van der Waals surface area contributed by atoms with Crippen LogP contribution in [0.4, 0.5) is 5.82 Å². The number of aliphatic hydroxyl groups excluding tert-OH is 1. The van der Waals surface area contributed by atoms with Crippen molar-refractivity contribution in [3.63, 3.8) is 0 Å². The molecule has 1 fully saturated rings. The van der Waals surface area contributed by atoms with E-state index in [0.29, 0.717) is 24.5 Å². The first-order valence-corrected chi connectivity index (χ1v) is 6.06. The molecule has 2 heterocycles. The zero-order chi connectivity index (χ0) is 13.1. The molecule has 6 nitrogen and oxygen atoms in total. The van der Waals surface area contributed by atoms with E-state index in [0.717, 1.165) is 6.42 Å². The summed E-state index contributed by atoms with van der Waals surface area (Å²) < 4.78 is 0. The second-order valence-corrected chi connectivity index (χ2v) is 4.68. The van der Waals surface area contributed by atoms with Crippen molar-refractivity contribution in [1.82, 2.24) is 9.88 Å². The number of halogens is 1. The molecule has 0 bridgehead atoms. The maximum Gasteiger partial charge on any atom is 0.254 e. The van der Waals surface area contributed by atoms with Gasteiger partial charge < -0.3 is 15.4 Å². The van der Waals surface area contributed by atoms with Crippen LogP contribution in [0.3, 0.4) is 0 Å². The van der Waals surface area contributed by atoms with Gasteiger partial charge in [-0.05, 0) is 18.6 Å². The monoisotopic (exact) mass is 270 g/mol. The molecule has 0 radical (unpaired) electrons. The number of nitrogen functional groups attached to an aromatic ring is 1. The number of hydrazine groups is 1. The fraction of sp³-hybridized carbons (Fsp3) is 0.455. The van der Waals surface area contributed by atoms with Crippen LogP contribution in [-0.4, -0.2) is 40.6 Å². The average Bonchev–Trinajstić information content (AvgIpc) is 2.85. The van der Waals surface area contributed by atoms with Crippen molar-refractivity contribution < 1.29 is 9.90 Å². The Labute approximate surface area is 110 Å². The van der Waals surface area contributed by atoms with Crippen LogP contribution in [0.1, 0.15) is 16.8 Å². The Bertz CT molecular complexity index is 455. The number of carbonyl (C=O) groups excluding carboxylic acids is 1. The highest BCUT2D eigenvalue weighted by atomic mass is 35.5. The van der Waals surface area contributed by atoms with Gasteiger partial charge >= 0.3 is 0 Å². The van der Waals surface area contributed by atoms with Crippen LogP contribution in [0.25, 0.3) is 0 Å². The van der Waals surface area contributed by atoms with E-state index < -0.39 is 0 Å². The van der Waals surface area contributed by atoms with E-state index in [-0.39, 0.29) is 23.6 Å². The van der Waals surface area contributed by atoms with E-state index in [1.165, 1.54) is 6.07 Å². The summed E-state index contributed by atoms with van der Waals surface area (Å²) in [6, 6.07) is 3.07. The molecule has 1 aliphatic heterocycles. The molecule has 4 N–H and O–H groups in total. The summed E-state index contributed by atoms with van der Waals surface area (Å²) in [4.78, 5) is 17.8. The number of hydrogen-bond donors (Lipinski definition) is 3. The number of carbonyl (C=O) groups is 1. The molecule has 2 rings (SSSR count). The zero-order valence-electron chi connectivity index (χ0n) is 9.77. The molecule has 1 atom stereocenters. The molecule has 0 saturated carbocycles. The summed E-state index contributed by atoms with van der Waals surface area (Å²) in [5.41, 5.74) is 2.81. The Morgan fingerprint density at radius 2 is 2.44 bits per heavy atom. The fourth-order valence-corrected chi connectivity index (χ4v) is 2.25. The van der Waals surface area contributed by atoms with Crippen molar-refractivity contribution in [3.05, 3.63) is 22.8 Å². The van der Waals surface area contributed by atoms with Crippen LogP contribution in [-0.2, 0) is 0 Å². The molecule has 1 aromatic heterocycles. The lowest BCUT2D eigenvalue weighted by molar-refractivity contribution is 0.0782. The van der Waals surface area contributed by atoms with Gasteiger partial charge in [0.25, 0.3) is 5.91 Å². The van der Waals surface area contributed by atoms with E-state index in [2.05, 4.69) is 10.4 Å². The summed E-state index contributed by atoms with van der Waals surface area (Å²) in [6.07, 6.45) is 0.822. The fourth-order valence-electron chi connectivity index (χ4n) is 2.04. The standard InChI is InChI=1S/C11H15ClN4O2/c12-9-3-8(4-10(14-9)15-13)11(18)16-2-1-7(5-16)6-17/h3-4,7,17H,1-2,5-6,13H2,(H,14,15). The number of aromatic nitrogens is 1. The maximum absolute atomic E-state index is 12.2. The minimum Gasteiger partial charge on any atom is -0.396 e. The molecule has 98 valence electrons. The van der Waals surface area contributed by atoms with Gasteiger partial charge in [0.15, 0.2) is 0 Å². The highest BCUT2D eigenvalue weighted by Gasteiger charge is 2.26. The largest absolute Gasteiger partial charge is 0.396 e. The second-order valence-electron chi connectivity index (χ2n) is 4.30. The summed E-state index contributed by atoms with van der Waals surface area (Å²) >= 11 is 5.82. The molecule has 1 amide bonds. The highest BCUT2D eigenvalue weighted by Crippen LogP contribution is 2.20. The van der Waals surface area contributed by atoms with Crippen molar-refractivity contribution in [2.24, 2.45) is 11.8 Å². The van der Waals surface area contributed by atoms with Crippen molar-refractivity contribution in [2.75, 3.05) is 25.1 Å². The van der Waals surface area contributed by atoms with Gasteiger partial charge in [-0.15, -0.1) is 0 Å². The van der Waals surface area contributed by atoms with Crippen molar-refractivity contribution in [3.8, 4) is 0 Å². The summed E-state index contributed by atoms with van der Waals surface area (Å²) in [7, 11) is 0. The molecule has 0 aromatic carbocycles. The van der Waals surface area contributed by atoms with Crippen LogP contribution in [0.5, 0.6) is 0 Å². The number of hydrogen-bond acceptors (Lipinski definition) is 5. The van der Waals surface area contributed by atoms with Gasteiger partial charge in [-0.2, -0.15) is 0 Å². The lowest BCUT2D eigenvalue weighted by atomic mass is 10.1. The van der Waals surface area contributed by atoms with Gasteiger partial charge in [0, 0.05) is 31.2 Å². The third-order valence-electron chi connectivity index (χ3n) is 3.02. The van der Waals surface area contributed by atoms with Gasteiger partial charge in [0.05, 0.1) is 0 Å². The van der Waals surface area contributed by atoms with E-state index >= 15 is 0 Å². The van der Waals surface area contributed by atoms with Gasteiger partial charge in [-0.3, -0.25) is 4.79 Å². The molecule has 1 unspecified atom stereocenters. The number of nitrogens with zero attached hydrogens (tertiary/aromatic N) is 2. The van der Waals surface area contributed by atoms with Gasteiger partial charge in [0.2, 0.25) is 0 Å². The average molecular weight is 271 g/mol. The van der Waals surface area contributed by atoms with Gasteiger partial charge in [-0.25, -0.2) is 10.8 Å². The molecular formula is C11H15ClN4O2. The second kappa shape index (κ2) is 5.51. The number of amides is 1. The summed E-state index contributed by atoms with van der Waals surface area (Å²) in [5.74, 6) is 5.65. The Morgan fingerprint density at radius 1 is 1.67 bits per heavy atom. The summed E-state index contributed by atoms with van der Waals surface area (Å²) in [6.45, 7) is 1.33. The van der Waals surface area contributed by atoms with E-state index in [4.69, 9.17) is 22.6 Å². The van der Waals surface area contributed by atoms with E-state index in [1.54, 1.807) is 11.0 Å². The molecule has 1 aromatic rings. The number of nitrogens with one attached hydrogen (secondary N) is 1. The van der Waals surface area contributed by atoms with Gasteiger partial charge in [-0.1, -0.05) is 11.6 Å². The molecule has 7 heteroatoms. The quantitative estimate of drug-likeness (QED) is 0.422.